The quantitative estimate of drug-likeness (QED) is 0.756. The zero-order valence-corrected chi connectivity index (χ0v) is 13.7. The topological polar surface area (TPSA) is 51.5 Å². The molecular weight excluding hydrogens is 302 g/mol. The van der Waals surface area contributed by atoms with E-state index in [1.807, 2.05) is 43.3 Å². The summed E-state index contributed by atoms with van der Waals surface area (Å²) in [4.78, 5) is 12.2. The molecule has 4 nitrogen and oxygen atoms in total. The number of amides is 1. The molecule has 1 amide bonds. The minimum atomic E-state index is -0.265. The van der Waals surface area contributed by atoms with E-state index >= 15 is 0 Å². The molecule has 1 aromatic heterocycles. The van der Waals surface area contributed by atoms with E-state index in [4.69, 9.17) is 9.15 Å². The molecule has 0 spiro atoms. The van der Waals surface area contributed by atoms with E-state index < -0.39 is 0 Å². The number of carbonyl (C=O) groups is 1. The van der Waals surface area contributed by atoms with Crippen molar-refractivity contribution < 1.29 is 13.9 Å². The number of hydrogen-bond donors (Lipinski definition) is 1. The Labute approximate surface area is 141 Å². The van der Waals surface area contributed by atoms with Gasteiger partial charge in [0.2, 0.25) is 0 Å². The molecule has 4 heteroatoms. The molecule has 0 aliphatic heterocycles. The van der Waals surface area contributed by atoms with Crippen LogP contribution in [-0.4, -0.2) is 13.0 Å². The Morgan fingerprint density at radius 3 is 2.54 bits per heavy atom. The standard InChI is InChI=1S/C20H19NO3/c1-14-8-10-19(24-14)20(22)21-17-9-11-18(23-2)16(13-17)12-15-6-4-3-5-7-15/h3-11,13H,12H2,1-2H3,(H,21,22). The fourth-order valence-electron chi connectivity index (χ4n) is 2.56. The van der Waals surface area contributed by atoms with Gasteiger partial charge in [0.25, 0.3) is 5.91 Å². The maximum atomic E-state index is 12.2. The van der Waals surface area contributed by atoms with Gasteiger partial charge in [0.05, 0.1) is 7.11 Å². The van der Waals surface area contributed by atoms with Gasteiger partial charge in [-0.25, -0.2) is 0 Å². The van der Waals surface area contributed by atoms with Gasteiger partial charge in [0.1, 0.15) is 11.5 Å². The van der Waals surface area contributed by atoms with Crippen LogP contribution in [0.3, 0.4) is 0 Å². The third-order valence-electron chi connectivity index (χ3n) is 3.74. The second kappa shape index (κ2) is 7.04. The number of anilines is 1. The lowest BCUT2D eigenvalue weighted by atomic mass is 10.0. The van der Waals surface area contributed by atoms with Gasteiger partial charge in [-0.15, -0.1) is 0 Å². The molecule has 0 bridgehead atoms. The minimum Gasteiger partial charge on any atom is -0.496 e. The third-order valence-corrected chi connectivity index (χ3v) is 3.74. The molecule has 1 heterocycles. The zero-order chi connectivity index (χ0) is 16.9. The molecule has 0 unspecified atom stereocenters. The number of furan rings is 1. The van der Waals surface area contributed by atoms with Crippen molar-refractivity contribution >= 4 is 11.6 Å². The number of ether oxygens (including phenoxy) is 1. The lowest BCUT2D eigenvalue weighted by molar-refractivity contribution is 0.0995. The maximum Gasteiger partial charge on any atom is 0.291 e. The summed E-state index contributed by atoms with van der Waals surface area (Å²) in [6.45, 7) is 1.81. The Hall–Kier alpha value is -3.01. The molecule has 0 saturated carbocycles. The molecule has 0 aliphatic carbocycles. The zero-order valence-electron chi connectivity index (χ0n) is 13.7. The van der Waals surface area contributed by atoms with Crippen LogP contribution in [0.1, 0.15) is 27.4 Å². The first-order chi connectivity index (χ1) is 11.7. The van der Waals surface area contributed by atoms with Crippen molar-refractivity contribution in [2.24, 2.45) is 0 Å². The number of nitrogens with one attached hydrogen (secondary N) is 1. The summed E-state index contributed by atoms with van der Waals surface area (Å²) in [6, 6.07) is 19.2. The molecule has 3 aromatic rings. The number of carbonyl (C=O) groups excluding carboxylic acids is 1. The Bertz CT molecular complexity index is 837. The van der Waals surface area contributed by atoms with Crippen molar-refractivity contribution in [1.82, 2.24) is 0 Å². The Morgan fingerprint density at radius 2 is 1.88 bits per heavy atom. The molecule has 3 rings (SSSR count). The van der Waals surface area contributed by atoms with Crippen LogP contribution in [0, 0.1) is 6.92 Å². The average molecular weight is 321 g/mol. The molecule has 0 atom stereocenters. The van der Waals surface area contributed by atoms with Crippen molar-refractivity contribution in [3.05, 3.63) is 83.3 Å². The highest BCUT2D eigenvalue weighted by Crippen LogP contribution is 2.25. The Morgan fingerprint density at radius 1 is 1.08 bits per heavy atom. The summed E-state index contributed by atoms with van der Waals surface area (Å²) in [5.74, 6) is 1.54. The van der Waals surface area contributed by atoms with E-state index in [-0.39, 0.29) is 5.91 Å². The average Bonchev–Trinajstić information content (AvgIpc) is 3.03. The summed E-state index contributed by atoms with van der Waals surface area (Å²) in [6.07, 6.45) is 0.730. The van der Waals surface area contributed by atoms with E-state index in [2.05, 4.69) is 17.4 Å². The van der Waals surface area contributed by atoms with Crippen LogP contribution >= 0.6 is 0 Å². The first-order valence-electron chi connectivity index (χ1n) is 7.74. The summed E-state index contributed by atoms with van der Waals surface area (Å²) < 4.78 is 10.8. The Balaban J connectivity index is 1.82. The van der Waals surface area contributed by atoms with Gasteiger partial charge in [0, 0.05) is 17.7 Å². The van der Waals surface area contributed by atoms with Crippen LogP contribution < -0.4 is 10.1 Å². The molecule has 0 saturated heterocycles. The fraction of sp³-hybridized carbons (Fsp3) is 0.150. The molecule has 1 N–H and O–H groups in total. The predicted octanol–water partition coefficient (Wildman–Crippen LogP) is 4.44. The predicted molar refractivity (Wildman–Crippen MR) is 93.6 cm³/mol. The largest absolute Gasteiger partial charge is 0.496 e. The van der Waals surface area contributed by atoms with E-state index in [9.17, 15) is 4.79 Å². The number of hydrogen-bond acceptors (Lipinski definition) is 3. The summed E-state index contributed by atoms with van der Waals surface area (Å²) >= 11 is 0. The maximum absolute atomic E-state index is 12.2. The monoisotopic (exact) mass is 321 g/mol. The summed E-state index contributed by atoms with van der Waals surface area (Å²) in [5, 5.41) is 2.86. The molecular formula is C20H19NO3. The van der Waals surface area contributed by atoms with Gasteiger partial charge in [-0.1, -0.05) is 30.3 Å². The van der Waals surface area contributed by atoms with Crippen LogP contribution in [-0.2, 0) is 6.42 Å². The number of rotatable bonds is 5. The summed E-state index contributed by atoms with van der Waals surface area (Å²) in [7, 11) is 1.65. The van der Waals surface area contributed by atoms with E-state index in [1.165, 1.54) is 5.56 Å². The van der Waals surface area contributed by atoms with Gasteiger partial charge in [0.15, 0.2) is 5.76 Å². The lowest BCUT2D eigenvalue weighted by Crippen LogP contribution is -2.11. The number of aryl methyl sites for hydroxylation is 1. The van der Waals surface area contributed by atoms with E-state index in [0.29, 0.717) is 17.2 Å². The van der Waals surface area contributed by atoms with Gasteiger partial charge in [-0.05, 0) is 42.8 Å². The normalized spacial score (nSPS) is 10.4. The molecule has 0 radical (unpaired) electrons. The highest BCUT2D eigenvalue weighted by molar-refractivity contribution is 6.02. The minimum absolute atomic E-state index is 0.265. The second-order valence-corrected chi connectivity index (χ2v) is 5.55. The summed E-state index contributed by atoms with van der Waals surface area (Å²) in [5.41, 5.74) is 2.90. The van der Waals surface area contributed by atoms with Crippen LogP contribution in [0.15, 0.2) is 65.1 Å². The smallest absolute Gasteiger partial charge is 0.291 e. The molecule has 2 aromatic carbocycles. The molecule has 24 heavy (non-hydrogen) atoms. The van der Waals surface area contributed by atoms with Crippen LogP contribution in [0.25, 0.3) is 0 Å². The van der Waals surface area contributed by atoms with Crippen molar-refractivity contribution in [3.8, 4) is 5.75 Å². The fourth-order valence-corrected chi connectivity index (χ4v) is 2.56. The lowest BCUT2D eigenvalue weighted by Gasteiger charge is -2.11. The molecule has 0 aliphatic rings. The van der Waals surface area contributed by atoms with Crippen molar-refractivity contribution in [3.63, 3.8) is 0 Å². The Kier molecular flexibility index (Phi) is 4.66. The van der Waals surface area contributed by atoms with Crippen LogP contribution in [0.2, 0.25) is 0 Å². The van der Waals surface area contributed by atoms with Crippen LogP contribution in [0.5, 0.6) is 5.75 Å². The van der Waals surface area contributed by atoms with Gasteiger partial charge < -0.3 is 14.5 Å². The van der Waals surface area contributed by atoms with E-state index in [1.54, 1.807) is 19.2 Å². The van der Waals surface area contributed by atoms with Crippen molar-refractivity contribution in [1.29, 1.82) is 0 Å². The van der Waals surface area contributed by atoms with Crippen molar-refractivity contribution in [2.45, 2.75) is 13.3 Å². The second-order valence-electron chi connectivity index (χ2n) is 5.55. The first-order valence-corrected chi connectivity index (χ1v) is 7.74. The van der Waals surface area contributed by atoms with Crippen LogP contribution in [0.4, 0.5) is 5.69 Å². The first kappa shape index (κ1) is 15.9. The van der Waals surface area contributed by atoms with Crippen molar-refractivity contribution in [2.75, 3.05) is 12.4 Å². The van der Waals surface area contributed by atoms with Gasteiger partial charge >= 0.3 is 0 Å². The highest BCUT2D eigenvalue weighted by Gasteiger charge is 2.12. The van der Waals surface area contributed by atoms with E-state index in [0.717, 1.165) is 17.7 Å². The SMILES string of the molecule is COc1ccc(NC(=O)c2ccc(C)o2)cc1Cc1ccccc1. The van der Waals surface area contributed by atoms with Gasteiger partial charge in [-0.2, -0.15) is 0 Å². The number of benzene rings is 2. The van der Waals surface area contributed by atoms with Gasteiger partial charge in [-0.3, -0.25) is 4.79 Å². The number of methoxy groups -OCH3 is 1. The molecule has 122 valence electrons. The third kappa shape index (κ3) is 3.66. The highest BCUT2D eigenvalue weighted by atomic mass is 16.5. The molecule has 0 fully saturated rings.